The third-order valence-electron chi connectivity index (χ3n) is 23.5. The quantitative estimate of drug-likeness (QED) is 0.141. The maximum atomic E-state index is 2.77. The van der Waals surface area contributed by atoms with E-state index in [0.29, 0.717) is 0 Å². The molecule has 0 saturated carbocycles. The Labute approximate surface area is 644 Å². The third-order valence-corrected chi connectivity index (χ3v) is 25.9. The van der Waals surface area contributed by atoms with Crippen LogP contribution in [0.3, 0.4) is 0 Å². The van der Waals surface area contributed by atoms with Crippen molar-refractivity contribution in [2.24, 2.45) is 0 Å². The number of aromatic nitrogens is 2. The monoisotopic (exact) mass is 1430 g/mol. The van der Waals surface area contributed by atoms with Crippen LogP contribution >= 0.6 is 22.7 Å². The fourth-order valence-corrected chi connectivity index (χ4v) is 20.4. The number of thiophene rings is 2. The molecule has 7 heteroatoms. The second-order valence-corrected chi connectivity index (χ2v) is 35.3. The van der Waals surface area contributed by atoms with E-state index in [9.17, 15) is 0 Å². The molecule has 4 aromatic heterocycles. The van der Waals surface area contributed by atoms with Crippen molar-refractivity contribution in [1.82, 2.24) is 9.13 Å². The minimum atomic E-state index is -0.354. The van der Waals surface area contributed by atoms with Gasteiger partial charge in [-0.15, -0.1) is 22.7 Å². The van der Waals surface area contributed by atoms with Crippen molar-refractivity contribution in [2.75, 3.05) is 9.80 Å². The lowest BCUT2D eigenvalue weighted by atomic mass is 9.33. The van der Waals surface area contributed by atoms with Crippen LogP contribution in [0.25, 0.3) is 140 Å². The van der Waals surface area contributed by atoms with Gasteiger partial charge in [0.05, 0.1) is 44.8 Å². The van der Waals surface area contributed by atoms with Gasteiger partial charge in [0.15, 0.2) is 0 Å². The maximum Gasteiger partial charge on any atom is 0.252 e. The van der Waals surface area contributed by atoms with Gasteiger partial charge in [0.2, 0.25) is 0 Å². The van der Waals surface area contributed by atoms with Crippen LogP contribution in [0.2, 0.25) is 0 Å². The van der Waals surface area contributed by atoms with Crippen LogP contribution in [-0.4, -0.2) is 15.8 Å². The smallest absolute Gasteiger partial charge is 0.252 e. The lowest BCUT2D eigenvalue weighted by Gasteiger charge is -2.46. The molecule has 21 rings (SSSR count). The standard InChI is InChI=1S/C102H79BN4S2/c1-100(2,3)67-54-66(55-68(59-67)101(4,5)6)64-48-51-81-90(58-64)107(97-70(65-50-53-95-80(56-65)76-35-18-23-46-93(76)108-95)36-26-44-88(97)104-83-40-19-13-30-71(83)72-31-14-20-41-84(72)104)92-61-69(102(7,8)9)60-91-96(92)103(81)82-57-63(62-28-11-10-12-29-62)49-52-87(82)106(91)98-77(79-39-25-38-78-75-34-17-24-47-94(75)109-99(78)79)37-27-45-89(98)105-85-42-21-15-32-73(85)74-33-16-22-43-86(74)105/h10-61H,1-9H3. The molecule has 2 aliphatic rings. The molecule has 6 heterocycles. The topological polar surface area (TPSA) is 16.3 Å². The molecule has 0 spiro atoms. The SMILES string of the molecule is CC(C)(C)c1cc(-c2ccc3c(c2)N(c2c(-c4ccc5sc6ccccc6c5c4)cccc2-n2c4ccccc4c4ccccc42)c2cc(C(C)(C)C)cc4c2B3c2cc(-c3ccccc3)ccc2N4c2c(-c3cccc4c3sc3ccccc34)cccc2-n2c3ccccc3c3ccccc32)cc(C(C)(C)C)c1. The molecule has 0 bridgehead atoms. The van der Waals surface area contributed by atoms with Crippen molar-refractivity contribution in [1.29, 1.82) is 0 Å². The first-order valence-electron chi connectivity index (χ1n) is 38.3. The molecule has 15 aromatic carbocycles. The summed E-state index contributed by atoms with van der Waals surface area (Å²) in [7, 11) is 0. The van der Waals surface area contributed by atoms with Gasteiger partial charge in [0.1, 0.15) is 0 Å². The summed E-state index contributed by atoms with van der Waals surface area (Å²) >= 11 is 3.78. The first kappa shape index (κ1) is 65.3. The van der Waals surface area contributed by atoms with Crippen LogP contribution in [0.1, 0.15) is 79.0 Å². The van der Waals surface area contributed by atoms with Crippen LogP contribution in [0.15, 0.2) is 315 Å². The Morgan fingerprint density at radius 3 is 1.28 bits per heavy atom. The van der Waals surface area contributed by atoms with E-state index in [4.69, 9.17) is 0 Å². The highest BCUT2D eigenvalue weighted by Crippen LogP contribution is 2.56. The second-order valence-electron chi connectivity index (χ2n) is 33.2. The molecule has 522 valence electrons. The minimum absolute atomic E-state index is 0.113. The number of benzene rings is 15. The van der Waals surface area contributed by atoms with Gasteiger partial charge in [-0.1, -0.05) is 293 Å². The summed E-state index contributed by atoms with van der Waals surface area (Å²) in [5.74, 6) is 0. The largest absolute Gasteiger partial charge is 0.309 e. The van der Waals surface area contributed by atoms with E-state index in [-0.39, 0.29) is 23.0 Å². The number of rotatable bonds is 8. The molecular formula is C102H79BN4S2. The van der Waals surface area contributed by atoms with Gasteiger partial charge in [-0.3, -0.25) is 0 Å². The number of para-hydroxylation sites is 6. The summed E-state index contributed by atoms with van der Waals surface area (Å²) < 4.78 is 10.3. The summed E-state index contributed by atoms with van der Waals surface area (Å²) in [4.78, 5) is 5.52. The molecule has 4 nitrogen and oxygen atoms in total. The van der Waals surface area contributed by atoms with E-state index >= 15 is 0 Å². The third kappa shape index (κ3) is 10.2. The highest BCUT2D eigenvalue weighted by molar-refractivity contribution is 7.26. The first-order valence-corrected chi connectivity index (χ1v) is 40.0. The molecule has 2 aliphatic heterocycles. The lowest BCUT2D eigenvalue weighted by Crippen LogP contribution is -2.61. The van der Waals surface area contributed by atoms with Crippen LogP contribution < -0.4 is 26.2 Å². The minimum Gasteiger partial charge on any atom is -0.309 e. The summed E-state index contributed by atoms with van der Waals surface area (Å²) in [6, 6.07) is 121. The van der Waals surface area contributed by atoms with Crippen LogP contribution in [-0.2, 0) is 16.2 Å². The Morgan fingerprint density at radius 2 is 0.688 bits per heavy atom. The number of hydrogen-bond acceptors (Lipinski definition) is 4. The van der Waals surface area contributed by atoms with Gasteiger partial charge >= 0.3 is 0 Å². The zero-order valence-corrected chi connectivity index (χ0v) is 64.3. The molecule has 0 aliphatic carbocycles. The van der Waals surface area contributed by atoms with Crippen molar-refractivity contribution in [3.8, 4) is 55.9 Å². The predicted octanol–water partition coefficient (Wildman–Crippen LogP) is 27.3. The maximum absolute atomic E-state index is 2.77. The van der Waals surface area contributed by atoms with E-state index in [1.165, 1.54) is 123 Å². The fraction of sp³-hybridized carbons (Fsp3) is 0.118. The van der Waals surface area contributed by atoms with Gasteiger partial charge in [-0.2, -0.15) is 0 Å². The second kappa shape index (κ2) is 24.3. The van der Waals surface area contributed by atoms with E-state index in [0.717, 1.165) is 84.3 Å². The Hall–Kier alpha value is -12.0. The fourth-order valence-electron chi connectivity index (χ4n) is 18.1. The van der Waals surface area contributed by atoms with Crippen molar-refractivity contribution in [3.63, 3.8) is 0 Å². The van der Waals surface area contributed by atoms with Crippen molar-refractivity contribution in [3.05, 3.63) is 332 Å². The van der Waals surface area contributed by atoms with E-state index in [1.54, 1.807) is 0 Å². The van der Waals surface area contributed by atoms with Crippen LogP contribution in [0, 0.1) is 0 Å². The van der Waals surface area contributed by atoms with Crippen molar-refractivity contribution in [2.45, 2.75) is 78.6 Å². The van der Waals surface area contributed by atoms with Crippen LogP contribution in [0.4, 0.5) is 34.1 Å². The van der Waals surface area contributed by atoms with Gasteiger partial charge in [0, 0.05) is 101 Å². The first-order chi connectivity index (χ1) is 53.0. The molecule has 0 amide bonds. The zero-order chi connectivity index (χ0) is 73.5. The highest BCUT2D eigenvalue weighted by atomic mass is 32.1. The van der Waals surface area contributed by atoms with Gasteiger partial charge in [-0.25, -0.2) is 0 Å². The molecule has 0 fully saturated rings. The highest BCUT2D eigenvalue weighted by Gasteiger charge is 2.47. The van der Waals surface area contributed by atoms with Gasteiger partial charge < -0.3 is 18.9 Å². The normalized spacial score (nSPS) is 13.1. The average molecular weight is 1440 g/mol. The van der Waals surface area contributed by atoms with E-state index in [1.807, 2.05) is 22.7 Å². The molecule has 0 unspecified atom stereocenters. The number of fused-ring (bicyclic) bond motifs is 16. The molecule has 0 atom stereocenters. The van der Waals surface area contributed by atoms with E-state index < -0.39 is 0 Å². The summed E-state index contributed by atoms with van der Waals surface area (Å²) in [6.07, 6.45) is 0. The Kier molecular flexibility index (Phi) is 14.5. The van der Waals surface area contributed by atoms with Crippen LogP contribution in [0.5, 0.6) is 0 Å². The Bertz CT molecular complexity index is 6880. The summed E-state index contributed by atoms with van der Waals surface area (Å²) in [6.45, 7) is 21.2. The van der Waals surface area contributed by atoms with Gasteiger partial charge in [-0.05, 0) is 162 Å². The lowest BCUT2D eigenvalue weighted by molar-refractivity contribution is 0.569. The number of nitrogens with zero attached hydrogens (tertiary/aromatic N) is 4. The molecule has 0 N–H and O–H groups in total. The summed E-state index contributed by atoms with van der Waals surface area (Å²) in [5, 5.41) is 9.95. The molecule has 0 radical (unpaired) electrons. The molecule has 19 aromatic rings. The Balaban J connectivity index is 0.951. The van der Waals surface area contributed by atoms with Crippen molar-refractivity contribution < 1.29 is 0 Å². The predicted molar refractivity (Wildman–Crippen MR) is 473 cm³/mol. The Morgan fingerprint density at radius 1 is 0.248 bits per heavy atom. The molecule has 109 heavy (non-hydrogen) atoms. The molecular weight excluding hydrogens is 1360 g/mol. The number of hydrogen-bond donors (Lipinski definition) is 0. The zero-order valence-electron chi connectivity index (χ0n) is 62.7. The van der Waals surface area contributed by atoms with Crippen molar-refractivity contribution >= 4 is 164 Å². The summed E-state index contributed by atoms with van der Waals surface area (Å²) in [5.41, 5.74) is 30.0. The average Bonchev–Trinajstić information content (AvgIpc) is 0.938. The number of anilines is 6. The van der Waals surface area contributed by atoms with Gasteiger partial charge in [0.25, 0.3) is 6.71 Å². The van der Waals surface area contributed by atoms with E-state index in [2.05, 4.69) is 397 Å². The molecule has 0 saturated heterocycles.